The fourth-order valence-electron chi connectivity index (χ4n) is 7.55. The monoisotopic (exact) mass is 652 g/mol. The van der Waals surface area contributed by atoms with Crippen LogP contribution in [-0.4, -0.2) is 0 Å². The zero-order valence-corrected chi connectivity index (χ0v) is 27.8. The number of furan rings is 1. The Hall–Kier alpha value is -6.84. The topological polar surface area (TPSA) is 19.6 Å². The zero-order chi connectivity index (χ0) is 33.7. The van der Waals surface area contributed by atoms with Crippen molar-refractivity contribution in [3.8, 4) is 0 Å². The fraction of sp³-hybridized carbons (Fsp3) is 0. The third-order valence-electron chi connectivity index (χ3n) is 9.93. The summed E-state index contributed by atoms with van der Waals surface area (Å²) in [5.74, 6) is 0. The maximum atomic E-state index is 6.75. The summed E-state index contributed by atoms with van der Waals surface area (Å²) in [4.78, 5) is 4.79. The average molecular weight is 653 g/mol. The van der Waals surface area contributed by atoms with Gasteiger partial charge in [0.1, 0.15) is 11.2 Å². The lowest BCUT2D eigenvalue weighted by atomic mass is 10.0. The molecule has 0 amide bonds. The van der Waals surface area contributed by atoms with Crippen LogP contribution in [0.25, 0.3) is 54.3 Å². The molecule has 9 aromatic carbocycles. The molecule has 0 bridgehead atoms. The molecule has 0 aliphatic carbocycles. The van der Waals surface area contributed by atoms with Gasteiger partial charge in [-0.05, 0) is 105 Å². The Labute approximate surface area is 295 Å². The van der Waals surface area contributed by atoms with Crippen molar-refractivity contribution in [2.24, 2.45) is 0 Å². The van der Waals surface area contributed by atoms with Crippen LogP contribution in [0.3, 0.4) is 0 Å². The molecule has 1 aromatic heterocycles. The number of hydrogen-bond acceptors (Lipinski definition) is 3. The lowest BCUT2D eigenvalue weighted by Gasteiger charge is -2.34. The molecular formula is C48H32N2O. The van der Waals surface area contributed by atoms with E-state index in [2.05, 4.69) is 204 Å². The second-order valence-electron chi connectivity index (χ2n) is 13.0. The fourth-order valence-corrected chi connectivity index (χ4v) is 7.55. The predicted molar refractivity (Wildman–Crippen MR) is 216 cm³/mol. The number of anilines is 6. The van der Waals surface area contributed by atoms with E-state index in [9.17, 15) is 0 Å². The van der Waals surface area contributed by atoms with Crippen LogP contribution in [0.4, 0.5) is 34.1 Å². The van der Waals surface area contributed by atoms with Crippen molar-refractivity contribution in [1.29, 1.82) is 0 Å². The van der Waals surface area contributed by atoms with E-state index in [0.29, 0.717) is 0 Å². The summed E-state index contributed by atoms with van der Waals surface area (Å²) in [6.07, 6.45) is 0. The average Bonchev–Trinajstić information content (AvgIpc) is 3.56. The molecule has 0 spiro atoms. The molecule has 10 aromatic rings. The first-order valence-corrected chi connectivity index (χ1v) is 17.3. The van der Waals surface area contributed by atoms with Gasteiger partial charge in [0.25, 0.3) is 0 Å². The lowest BCUT2D eigenvalue weighted by molar-refractivity contribution is 0.669. The summed E-state index contributed by atoms with van der Waals surface area (Å²) in [6, 6.07) is 69.3. The Bertz CT molecular complexity index is 2880. The van der Waals surface area contributed by atoms with Crippen molar-refractivity contribution in [3.63, 3.8) is 0 Å². The van der Waals surface area contributed by atoms with E-state index < -0.39 is 0 Å². The van der Waals surface area contributed by atoms with E-state index in [1.165, 1.54) is 26.9 Å². The third kappa shape index (κ3) is 4.98. The SMILES string of the molecule is c1ccc(N(c2ccc3ccccc3c2)c2ccc3oc4cc5ccccc5cc4c3c2N(c2ccccc2)c2ccc3ccccc3c2)cc1. The van der Waals surface area contributed by atoms with Crippen LogP contribution in [0.5, 0.6) is 0 Å². The molecule has 51 heavy (non-hydrogen) atoms. The minimum absolute atomic E-state index is 0.840. The van der Waals surface area contributed by atoms with E-state index in [0.717, 1.165) is 61.4 Å². The van der Waals surface area contributed by atoms with Crippen molar-refractivity contribution in [2.45, 2.75) is 0 Å². The zero-order valence-electron chi connectivity index (χ0n) is 27.8. The molecule has 3 heteroatoms. The quantitative estimate of drug-likeness (QED) is 0.178. The molecule has 0 unspecified atom stereocenters. The smallest absolute Gasteiger partial charge is 0.137 e. The summed E-state index contributed by atoms with van der Waals surface area (Å²) in [5.41, 5.74) is 8.05. The van der Waals surface area contributed by atoms with Crippen molar-refractivity contribution in [2.75, 3.05) is 9.80 Å². The summed E-state index contributed by atoms with van der Waals surface area (Å²) >= 11 is 0. The van der Waals surface area contributed by atoms with E-state index >= 15 is 0 Å². The molecule has 0 aliphatic rings. The van der Waals surface area contributed by atoms with E-state index in [-0.39, 0.29) is 0 Å². The van der Waals surface area contributed by atoms with Crippen molar-refractivity contribution in [3.05, 3.63) is 194 Å². The Kier molecular flexibility index (Phi) is 6.81. The van der Waals surface area contributed by atoms with Gasteiger partial charge in [0.2, 0.25) is 0 Å². The van der Waals surface area contributed by atoms with Gasteiger partial charge in [0.15, 0.2) is 0 Å². The van der Waals surface area contributed by atoms with Crippen molar-refractivity contribution in [1.82, 2.24) is 0 Å². The van der Waals surface area contributed by atoms with Crippen LogP contribution in [0.2, 0.25) is 0 Å². The molecule has 0 N–H and O–H groups in total. The minimum atomic E-state index is 0.840. The maximum absolute atomic E-state index is 6.75. The first kappa shape index (κ1) is 29.1. The second kappa shape index (κ2) is 11.9. The van der Waals surface area contributed by atoms with Gasteiger partial charge < -0.3 is 14.2 Å². The molecule has 3 nitrogen and oxygen atoms in total. The Morgan fingerprint density at radius 1 is 0.314 bits per heavy atom. The molecule has 0 saturated heterocycles. The highest BCUT2D eigenvalue weighted by atomic mass is 16.3. The maximum Gasteiger partial charge on any atom is 0.137 e. The summed E-state index contributed by atoms with van der Waals surface area (Å²) in [7, 11) is 0. The molecule has 0 radical (unpaired) electrons. The van der Waals surface area contributed by atoms with Crippen LogP contribution < -0.4 is 9.80 Å². The lowest BCUT2D eigenvalue weighted by Crippen LogP contribution is -2.17. The molecular weight excluding hydrogens is 621 g/mol. The van der Waals surface area contributed by atoms with E-state index in [1.807, 2.05) is 0 Å². The van der Waals surface area contributed by atoms with Crippen molar-refractivity contribution >= 4 is 88.4 Å². The van der Waals surface area contributed by atoms with Gasteiger partial charge >= 0.3 is 0 Å². The molecule has 10 rings (SSSR count). The van der Waals surface area contributed by atoms with Gasteiger partial charge in [-0.15, -0.1) is 0 Å². The Morgan fingerprint density at radius 2 is 0.784 bits per heavy atom. The van der Waals surface area contributed by atoms with Crippen LogP contribution in [0, 0.1) is 0 Å². The number of nitrogens with zero attached hydrogens (tertiary/aromatic N) is 2. The van der Waals surface area contributed by atoms with Gasteiger partial charge in [0, 0.05) is 28.1 Å². The number of fused-ring (bicyclic) bond motifs is 6. The highest BCUT2D eigenvalue weighted by molar-refractivity contribution is 6.20. The van der Waals surface area contributed by atoms with Gasteiger partial charge in [-0.3, -0.25) is 0 Å². The van der Waals surface area contributed by atoms with Crippen LogP contribution >= 0.6 is 0 Å². The highest BCUT2D eigenvalue weighted by Crippen LogP contribution is 2.52. The predicted octanol–water partition coefficient (Wildman–Crippen LogP) is 14.0. The van der Waals surface area contributed by atoms with Crippen molar-refractivity contribution < 1.29 is 4.42 Å². The summed E-state index contributed by atoms with van der Waals surface area (Å²) in [6.45, 7) is 0. The number of para-hydroxylation sites is 2. The number of hydrogen-bond donors (Lipinski definition) is 0. The first-order chi connectivity index (χ1) is 25.3. The number of benzene rings is 9. The third-order valence-corrected chi connectivity index (χ3v) is 9.93. The molecule has 240 valence electrons. The largest absolute Gasteiger partial charge is 0.456 e. The van der Waals surface area contributed by atoms with Gasteiger partial charge in [-0.2, -0.15) is 0 Å². The summed E-state index contributed by atoms with van der Waals surface area (Å²) in [5, 5.41) is 9.25. The molecule has 0 fully saturated rings. The highest BCUT2D eigenvalue weighted by Gasteiger charge is 2.27. The van der Waals surface area contributed by atoms with E-state index in [1.54, 1.807) is 0 Å². The molecule has 0 saturated carbocycles. The second-order valence-corrected chi connectivity index (χ2v) is 13.0. The van der Waals surface area contributed by atoms with Gasteiger partial charge in [0.05, 0.1) is 16.8 Å². The summed E-state index contributed by atoms with van der Waals surface area (Å²) < 4.78 is 6.75. The van der Waals surface area contributed by atoms with Gasteiger partial charge in [-0.1, -0.05) is 121 Å². The molecule has 1 heterocycles. The first-order valence-electron chi connectivity index (χ1n) is 17.3. The molecule has 0 atom stereocenters. The molecule has 0 aliphatic heterocycles. The van der Waals surface area contributed by atoms with E-state index in [4.69, 9.17) is 4.42 Å². The van der Waals surface area contributed by atoms with Crippen LogP contribution in [0.15, 0.2) is 199 Å². The normalized spacial score (nSPS) is 11.5. The standard InChI is InChI=1S/C48H32N2O/c1-3-19-39(20-4-1)49(41-25-23-33-13-7-9-15-35(33)29-41)44-27-28-45-47(43-31-37-17-11-12-18-38(37)32-46(43)51-45)48(44)50(40-21-5-2-6-22-40)42-26-24-34-14-8-10-16-36(34)30-42/h1-32H. The van der Waals surface area contributed by atoms with Gasteiger partial charge in [-0.25, -0.2) is 0 Å². The minimum Gasteiger partial charge on any atom is -0.456 e. The van der Waals surface area contributed by atoms with Crippen LogP contribution in [0.1, 0.15) is 0 Å². The van der Waals surface area contributed by atoms with Crippen LogP contribution in [-0.2, 0) is 0 Å². The number of rotatable bonds is 6. The Balaban J connectivity index is 1.36. The Morgan fingerprint density at radius 3 is 1.37 bits per heavy atom.